The zero-order valence-electron chi connectivity index (χ0n) is 19.5. The summed E-state index contributed by atoms with van der Waals surface area (Å²) in [5.41, 5.74) is -2.51. The first-order valence-corrected chi connectivity index (χ1v) is 10.7. The van der Waals surface area contributed by atoms with Crippen molar-refractivity contribution in [2.24, 2.45) is 0 Å². The Labute approximate surface area is 184 Å². The van der Waals surface area contributed by atoms with Crippen LogP contribution in [0.1, 0.15) is 73.6 Å². The van der Waals surface area contributed by atoms with Gasteiger partial charge in [-0.1, -0.05) is 20.8 Å². The summed E-state index contributed by atoms with van der Waals surface area (Å²) in [5, 5.41) is 10.9. The molecule has 31 heavy (non-hydrogen) atoms. The molecule has 0 bridgehead atoms. The van der Waals surface area contributed by atoms with Gasteiger partial charge in [-0.3, -0.25) is 9.59 Å². The van der Waals surface area contributed by atoms with Gasteiger partial charge in [0.1, 0.15) is 0 Å². The summed E-state index contributed by atoms with van der Waals surface area (Å²) >= 11 is 0. The van der Waals surface area contributed by atoms with Crippen molar-refractivity contribution in [3.8, 4) is 0 Å². The van der Waals surface area contributed by atoms with Crippen molar-refractivity contribution in [2.45, 2.75) is 98.1 Å². The largest absolute Gasteiger partial charge is 0.436 e. The zero-order valence-corrected chi connectivity index (χ0v) is 19.5. The van der Waals surface area contributed by atoms with Gasteiger partial charge in [0.05, 0.1) is 32.7 Å². The minimum absolute atomic E-state index is 0.329. The van der Waals surface area contributed by atoms with E-state index in [2.05, 4.69) is 0 Å². The summed E-state index contributed by atoms with van der Waals surface area (Å²) in [5.74, 6) is -3.07. The molecule has 0 rings (SSSR count). The molecule has 0 amide bonds. The molecule has 0 aromatic carbocycles. The lowest BCUT2D eigenvalue weighted by Crippen LogP contribution is -2.46. The van der Waals surface area contributed by atoms with Crippen molar-refractivity contribution >= 4 is 17.9 Å². The predicted octanol–water partition coefficient (Wildman–Crippen LogP) is 2.45. The SMILES string of the molecule is CCCOC(C)OC(=O)CC(O)(CC(=O)OC(C)OCCC)C(=O)OC(C)OCCC. The number of carbonyl (C=O) groups is 3. The van der Waals surface area contributed by atoms with Crippen molar-refractivity contribution < 1.29 is 47.9 Å². The van der Waals surface area contributed by atoms with Crippen LogP contribution in [0.2, 0.25) is 0 Å². The number of rotatable bonds is 17. The lowest BCUT2D eigenvalue weighted by molar-refractivity contribution is -0.207. The van der Waals surface area contributed by atoms with E-state index >= 15 is 0 Å². The smallest absolute Gasteiger partial charge is 0.341 e. The summed E-state index contributed by atoms with van der Waals surface area (Å²) in [4.78, 5) is 37.1. The maximum absolute atomic E-state index is 12.6. The molecule has 0 saturated carbocycles. The van der Waals surface area contributed by atoms with Gasteiger partial charge in [-0.05, 0) is 40.0 Å². The second kappa shape index (κ2) is 16.0. The second-order valence-corrected chi connectivity index (χ2v) is 7.09. The molecule has 1 N–H and O–H groups in total. The number of hydrogen-bond acceptors (Lipinski definition) is 10. The monoisotopic (exact) mass is 450 g/mol. The van der Waals surface area contributed by atoms with Gasteiger partial charge >= 0.3 is 17.9 Å². The van der Waals surface area contributed by atoms with Gasteiger partial charge in [-0.2, -0.15) is 0 Å². The molecule has 182 valence electrons. The molecule has 0 aromatic heterocycles. The Bertz CT molecular complexity index is 506. The topological polar surface area (TPSA) is 127 Å². The molecular formula is C21H38O10. The van der Waals surface area contributed by atoms with Gasteiger partial charge in [-0.15, -0.1) is 0 Å². The molecule has 0 fully saturated rings. The van der Waals surface area contributed by atoms with E-state index in [0.29, 0.717) is 26.2 Å². The summed E-state index contributed by atoms with van der Waals surface area (Å²) in [6.45, 7) is 11.2. The first-order chi connectivity index (χ1) is 14.6. The molecule has 0 spiro atoms. The molecule has 0 radical (unpaired) electrons. The highest BCUT2D eigenvalue weighted by Gasteiger charge is 2.44. The molecule has 0 aliphatic heterocycles. The van der Waals surface area contributed by atoms with E-state index in [9.17, 15) is 19.5 Å². The van der Waals surface area contributed by atoms with Crippen LogP contribution < -0.4 is 0 Å². The van der Waals surface area contributed by atoms with Crippen LogP contribution in [0.5, 0.6) is 0 Å². The molecular weight excluding hydrogens is 412 g/mol. The predicted molar refractivity (Wildman–Crippen MR) is 110 cm³/mol. The Balaban J connectivity index is 5.19. The molecule has 0 aliphatic carbocycles. The standard InChI is InChI=1S/C21H38O10/c1-7-10-26-15(4)29-18(22)13-21(25,20(24)31-17(6)28-12-9-3)14-19(23)30-16(5)27-11-8-2/h15-17,25H,7-14H2,1-6H3. The van der Waals surface area contributed by atoms with Crippen LogP contribution in [0, 0.1) is 0 Å². The van der Waals surface area contributed by atoms with Gasteiger partial charge in [0, 0.05) is 0 Å². The van der Waals surface area contributed by atoms with Crippen LogP contribution in [-0.2, 0) is 42.8 Å². The van der Waals surface area contributed by atoms with Gasteiger partial charge < -0.3 is 33.5 Å². The van der Waals surface area contributed by atoms with Gasteiger partial charge in [0.2, 0.25) is 0 Å². The van der Waals surface area contributed by atoms with Crippen molar-refractivity contribution in [1.29, 1.82) is 0 Å². The van der Waals surface area contributed by atoms with Gasteiger partial charge in [-0.25, -0.2) is 4.79 Å². The third-order valence-electron chi connectivity index (χ3n) is 3.79. The number of carbonyl (C=O) groups excluding carboxylic acids is 3. The summed E-state index contributed by atoms with van der Waals surface area (Å²) in [6.07, 6.45) is -2.27. The average Bonchev–Trinajstić information content (AvgIpc) is 2.68. The second-order valence-electron chi connectivity index (χ2n) is 7.09. The lowest BCUT2D eigenvalue weighted by atomic mass is 9.95. The van der Waals surface area contributed by atoms with E-state index < -0.39 is 55.2 Å². The van der Waals surface area contributed by atoms with Crippen LogP contribution in [0.25, 0.3) is 0 Å². The summed E-state index contributed by atoms with van der Waals surface area (Å²) in [7, 11) is 0. The van der Waals surface area contributed by atoms with Crippen molar-refractivity contribution in [1.82, 2.24) is 0 Å². The molecule has 0 heterocycles. The fourth-order valence-corrected chi connectivity index (χ4v) is 2.35. The van der Waals surface area contributed by atoms with Gasteiger partial charge in [0.15, 0.2) is 24.5 Å². The highest BCUT2D eigenvalue weighted by atomic mass is 16.7. The van der Waals surface area contributed by atoms with E-state index in [1.165, 1.54) is 20.8 Å². The Morgan fingerprint density at radius 1 is 0.677 bits per heavy atom. The van der Waals surface area contributed by atoms with Crippen molar-refractivity contribution in [3.63, 3.8) is 0 Å². The first kappa shape index (κ1) is 29.2. The molecule has 3 unspecified atom stereocenters. The first-order valence-electron chi connectivity index (χ1n) is 10.7. The lowest BCUT2D eigenvalue weighted by Gasteiger charge is -2.27. The highest BCUT2D eigenvalue weighted by molar-refractivity contribution is 5.90. The summed E-state index contributed by atoms with van der Waals surface area (Å²) < 4.78 is 30.9. The van der Waals surface area contributed by atoms with Crippen LogP contribution in [0.15, 0.2) is 0 Å². The summed E-state index contributed by atoms with van der Waals surface area (Å²) in [6, 6.07) is 0. The highest BCUT2D eigenvalue weighted by Crippen LogP contribution is 2.22. The normalized spacial score (nSPS) is 16.0. The van der Waals surface area contributed by atoms with Gasteiger partial charge in [0.25, 0.3) is 0 Å². The zero-order chi connectivity index (χ0) is 23.9. The molecule has 10 heteroatoms. The number of esters is 3. The maximum Gasteiger partial charge on any atom is 0.341 e. The number of aliphatic hydroxyl groups is 1. The number of hydrogen-bond donors (Lipinski definition) is 1. The van der Waals surface area contributed by atoms with E-state index in [0.717, 1.165) is 12.8 Å². The fourth-order valence-electron chi connectivity index (χ4n) is 2.35. The molecule has 3 atom stereocenters. The molecule has 0 saturated heterocycles. The van der Waals surface area contributed by atoms with Crippen LogP contribution in [0.4, 0.5) is 0 Å². The molecule has 10 nitrogen and oxygen atoms in total. The van der Waals surface area contributed by atoms with Crippen LogP contribution in [-0.4, -0.2) is 67.3 Å². The quantitative estimate of drug-likeness (QED) is 0.200. The van der Waals surface area contributed by atoms with E-state index in [1.54, 1.807) is 0 Å². The Morgan fingerprint density at radius 3 is 1.32 bits per heavy atom. The Kier molecular flexibility index (Phi) is 15.1. The molecule has 0 aliphatic rings. The van der Waals surface area contributed by atoms with E-state index in [1.807, 2.05) is 20.8 Å². The maximum atomic E-state index is 12.6. The van der Waals surface area contributed by atoms with Crippen LogP contribution >= 0.6 is 0 Å². The average molecular weight is 451 g/mol. The van der Waals surface area contributed by atoms with E-state index in [4.69, 9.17) is 28.4 Å². The van der Waals surface area contributed by atoms with Crippen LogP contribution in [0.3, 0.4) is 0 Å². The third-order valence-corrected chi connectivity index (χ3v) is 3.79. The fraction of sp³-hybridized carbons (Fsp3) is 0.857. The number of ether oxygens (including phenoxy) is 6. The third kappa shape index (κ3) is 13.3. The van der Waals surface area contributed by atoms with E-state index in [-0.39, 0.29) is 0 Å². The Morgan fingerprint density at radius 2 is 1.00 bits per heavy atom. The molecule has 0 aromatic rings. The van der Waals surface area contributed by atoms with Crippen molar-refractivity contribution in [3.05, 3.63) is 0 Å². The minimum atomic E-state index is -2.51. The van der Waals surface area contributed by atoms with Crippen molar-refractivity contribution in [2.75, 3.05) is 19.8 Å². The Hall–Kier alpha value is -1.75. The minimum Gasteiger partial charge on any atom is -0.436 e.